The Labute approximate surface area is 126 Å². The van der Waals surface area contributed by atoms with Gasteiger partial charge in [-0.05, 0) is 48.7 Å². The van der Waals surface area contributed by atoms with Crippen molar-refractivity contribution in [3.05, 3.63) is 57.3 Å². The van der Waals surface area contributed by atoms with Gasteiger partial charge in [-0.1, -0.05) is 15.9 Å². The number of nitrogens with zero attached hydrogens (tertiary/aromatic N) is 1. The van der Waals surface area contributed by atoms with E-state index in [1.807, 2.05) is 19.9 Å². The maximum Gasteiger partial charge on any atom is 0.251 e. The number of nitrogens with one attached hydrogen (secondary N) is 1. The molecule has 0 fully saturated rings. The number of aromatic nitrogens is 1. The van der Waals surface area contributed by atoms with Crippen molar-refractivity contribution in [2.75, 3.05) is 5.73 Å². The first-order chi connectivity index (χ1) is 9.49. The molecule has 3 N–H and O–H groups in total. The number of carbonyl (C=O) groups excluding carboxylic acids is 1. The van der Waals surface area contributed by atoms with Crippen LogP contribution < -0.4 is 11.1 Å². The highest BCUT2D eigenvalue weighted by Gasteiger charge is 2.12. The molecule has 0 spiro atoms. The molecule has 2 rings (SSSR count). The molecule has 1 aromatic carbocycles. The van der Waals surface area contributed by atoms with E-state index in [0.29, 0.717) is 17.8 Å². The second kappa shape index (κ2) is 6.05. The van der Waals surface area contributed by atoms with E-state index in [4.69, 9.17) is 5.73 Å². The van der Waals surface area contributed by atoms with E-state index in [-0.39, 0.29) is 5.91 Å². The summed E-state index contributed by atoms with van der Waals surface area (Å²) in [6.45, 7) is 4.28. The molecule has 0 aliphatic heterocycles. The highest BCUT2D eigenvalue weighted by Crippen LogP contribution is 2.22. The first kappa shape index (κ1) is 14.5. The lowest BCUT2D eigenvalue weighted by Crippen LogP contribution is -2.24. The van der Waals surface area contributed by atoms with Gasteiger partial charge < -0.3 is 11.1 Å². The Morgan fingerprint density at radius 1 is 1.40 bits per heavy atom. The molecule has 0 atom stereocenters. The highest BCUT2D eigenvalue weighted by atomic mass is 79.9. The van der Waals surface area contributed by atoms with Crippen LogP contribution in [0.5, 0.6) is 0 Å². The number of anilines is 1. The van der Waals surface area contributed by atoms with Gasteiger partial charge >= 0.3 is 0 Å². The number of benzene rings is 1. The Kier molecular flexibility index (Phi) is 4.39. The normalized spacial score (nSPS) is 10.3. The smallest absolute Gasteiger partial charge is 0.251 e. The Morgan fingerprint density at radius 2 is 2.15 bits per heavy atom. The molecule has 0 saturated heterocycles. The van der Waals surface area contributed by atoms with Crippen LogP contribution in [0.25, 0.3) is 0 Å². The third kappa shape index (κ3) is 3.17. The van der Waals surface area contributed by atoms with Gasteiger partial charge in [0, 0.05) is 34.7 Å². The summed E-state index contributed by atoms with van der Waals surface area (Å²) < 4.78 is 0.797. The summed E-state index contributed by atoms with van der Waals surface area (Å²) in [7, 11) is 0. The maximum atomic E-state index is 12.3. The fourth-order valence-corrected chi connectivity index (χ4v) is 2.38. The summed E-state index contributed by atoms with van der Waals surface area (Å²) in [5.41, 5.74) is 9.95. The predicted molar refractivity (Wildman–Crippen MR) is 83.4 cm³/mol. The van der Waals surface area contributed by atoms with Gasteiger partial charge in [0.1, 0.15) is 0 Å². The monoisotopic (exact) mass is 333 g/mol. The van der Waals surface area contributed by atoms with Gasteiger partial charge in [-0.15, -0.1) is 0 Å². The van der Waals surface area contributed by atoms with Crippen molar-refractivity contribution in [2.45, 2.75) is 20.4 Å². The number of hydrogen-bond donors (Lipinski definition) is 2. The van der Waals surface area contributed by atoms with Crippen LogP contribution in [0.4, 0.5) is 5.69 Å². The molecule has 0 radical (unpaired) electrons. The lowest BCUT2D eigenvalue weighted by Gasteiger charge is -2.11. The van der Waals surface area contributed by atoms with Crippen molar-refractivity contribution in [1.82, 2.24) is 10.3 Å². The zero-order valence-corrected chi connectivity index (χ0v) is 13.0. The van der Waals surface area contributed by atoms with Crippen LogP contribution in [0.15, 0.2) is 35.1 Å². The van der Waals surface area contributed by atoms with Crippen LogP contribution in [0.2, 0.25) is 0 Å². The predicted octanol–water partition coefficient (Wildman–Crippen LogP) is 2.97. The van der Waals surface area contributed by atoms with Crippen molar-refractivity contribution in [1.29, 1.82) is 0 Å². The van der Waals surface area contributed by atoms with Gasteiger partial charge in [0.2, 0.25) is 0 Å². The fourth-order valence-electron chi connectivity index (χ4n) is 1.91. The van der Waals surface area contributed by atoms with Crippen LogP contribution in [0, 0.1) is 13.8 Å². The first-order valence-electron chi connectivity index (χ1n) is 6.22. The molecular weight excluding hydrogens is 318 g/mol. The van der Waals surface area contributed by atoms with Crippen molar-refractivity contribution >= 4 is 27.5 Å². The van der Waals surface area contributed by atoms with Crippen molar-refractivity contribution in [3.8, 4) is 0 Å². The molecule has 1 heterocycles. The lowest BCUT2D eigenvalue weighted by atomic mass is 10.1. The third-order valence-corrected chi connectivity index (χ3v) is 3.69. The van der Waals surface area contributed by atoms with Gasteiger partial charge in [-0.3, -0.25) is 9.78 Å². The summed E-state index contributed by atoms with van der Waals surface area (Å²) in [5.74, 6) is -0.133. The maximum absolute atomic E-state index is 12.3. The second-order valence-electron chi connectivity index (χ2n) is 4.65. The number of rotatable bonds is 3. The molecule has 5 heteroatoms. The van der Waals surface area contributed by atoms with E-state index < -0.39 is 0 Å². The molecule has 1 aromatic heterocycles. The standard InChI is InChI=1S/C15H16BrN3O/c1-9-7-18-4-3-11(9)8-19-15(20)13-5-12(16)6-14(17)10(13)2/h3-7H,8,17H2,1-2H3,(H,19,20). The van der Waals surface area contributed by atoms with E-state index in [1.165, 1.54) is 0 Å². The van der Waals surface area contributed by atoms with Gasteiger partial charge in [0.15, 0.2) is 0 Å². The number of halogens is 1. The van der Waals surface area contributed by atoms with E-state index in [2.05, 4.69) is 26.2 Å². The number of hydrogen-bond acceptors (Lipinski definition) is 3. The molecule has 20 heavy (non-hydrogen) atoms. The van der Waals surface area contributed by atoms with Crippen LogP contribution in [-0.4, -0.2) is 10.9 Å². The van der Waals surface area contributed by atoms with Gasteiger partial charge in [-0.25, -0.2) is 0 Å². The van der Waals surface area contributed by atoms with Crippen molar-refractivity contribution in [2.24, 2.45) is 0 Å². The summed E-state index contributed by atoms with van der Waals surface area (Å²) in [5, 5.41) is 2.91. The van der Waals surface area contributed by atoms with E-state index in [9.17, 15) is 4.79 Å². The Morgan fingerprint density at radius 3 is 2.85 bits per heavy atom. The molecule has 0 aliphatic carbocycles. The average Bonchev–Trinajstić information content (AvgIpc) is 2.41. The van der Waals surface area contributed by atoms with E-state index in [1.54, 1.807) is 24.5 Å². The minimum atomic E-state index is -0.133. The molecule has 0 aliphatic rings. The molecule has 0 saturated carbocycles. The van der Waals surface area contributed by atoms with Crippen LogP contribution in [0.1, 0.15) is 27.0 Å². The van der Waals surface area contributed by atoms with Crippen molar-refractivity contribution in [3.63, 3.8) is 0 Å². The number of aryl methyl sites for hydroxylation is 1. The number of amides is 1. The Balaban J connectivity index is 2.15. The summed E-state index contributed by atoms with van der Waals surface area (Å²) in [6.07, 6.45) is 3.50. The van der Waals surface area contributed by atoms with Crippen LogP contribution >= 0.6 is 15.9 Å². The topological polar surface area (TPSA) is 68.0 Å². The number of nitrogens with two attached hydrogens (primary N) is 1. The number of pyridine rings is 1. The summed E-state index contributed by atoms with van der Waals surface area (Å²) in [4.78, 5) is 16.3. The van der Waals surface area contributed by atoms with Gasteiger partial charge in [-0.2, -0.15) is 0 Å². The Hall–Kier alpha value is -1.88. The number of carbonyl (C=O) groups is 1. The highest BCUT2D eigenvalue weighted by molar-refractivity contribution is 9.10. The zero-order valence-electron chi connectivity index (χ0n) is 11.4. The molecule has 0 unspecified atom stereocenters. The minimum absolute atomic E-state index is 0.133. The SMILES string of the molecule is Cc1cnccc1CNC(=O)c1cc(Br)cc(N)c1C. The van der Waals surface area contributed by atoms with Gasteiger partial charge in [0.25, 0.3) is 5.91 Å². The van der Waals surface area contributed by atoms with Gasteiger partial charge in [0.05, 0.1) is 0 Å². The van der Waals surface area contributed by atoms with Crippen LogP contribution in [0.3, 0.4) is 0 Å². The fraction of sp³-hybridized carbons (Fsp3) is 0.200. The molecule has 1 amide bonds. The largest absolute Gasteiger partial charge is 0.398 e. The van der Waals surface area contributed by atoms with E-state index >= 15 is 0 Å². The minimum Gasteiger partial charge on any atom is -0.398 e. The molecule has 2 aromatic rings. The average molecular weight is 334 g/mol. The summed E-state index contributed by atoms with van der Waals surface area (Å²) >= 11 is 3.35. The van der Waals surface area contributed by atoms with E-state index in [0.717, 1.165) is 21.2 Å². The molecule has 0 bridgehead atoms. The second-order valence-corrected chi connectivity index (χ2v) is 5.57. The number of nitrogen functional groups attached to an aromatic ring is 1. The molecular formula is C15H16BrN3O. The lowest BCUT2D eigenvalue weighted by molar-refractivity contribution is 0.0950. The third-order valence-electron chi connectivity index (χ3n) is 3.23. The van der Waals surface area contributed by atoms with Crippen molar-refractivity contribution < 1.29 is 4.79 Å². The zero-order chi connectivity index (χ0) is 14.7. The van der Waals surface area contributed by atoms with Crippen LogP contribution in [-0.2, 0) is 6.54 Å². The molecule has 4 nitrogen and oxygen atoms in total. The summed E-state index contributed by atoms with van der Waals surface area (Å²) in [6, 6.07) is 5.47. The Bertz CT molecular complexity index is 656. The molecule has 104 valence electrons. The first-order valence-corrected chi connectivity index (χ1v) is 7.01. The quantitative estimate of drug-likeness (QED) is 0.848.